The van der Waals surface area contributed by atoms with Crippen molar-refractivity contribution in [3.63, 3.8) is 0 Å². The Morgan fingerprint density at radius 1 is 1.33 bits per heavy atom. The molecule has 0 aliphatic carbocycles. The normalized spacial score (nSPS) is 11.5. The van der Waals surface area contributed by atoms with Gasteiger partial charge in [-0.1, -0.05) is 37.6 Å². The highest BCUT2D eigenvalue weighted by Gasteiger charge is 2.03. The standard InChI is InChI=1S/C14H20O/c1-4-6-11-15-14(5-2)13-10-8-7-9-12(13)3/h5,7-10H,4,6,11H2,1-3H3/b14-5+. The summed E-state index contributed by atoms with van der Waals surface area (Å²) in [6, 6.07) is 8.33. The fourth-order valence-electron chi connectivity index (χ4n) is 1.49. The number of hydrogen-bond acceptors (Lipinski definition) is 1. The van der Waals surface area contributed by atoms with Gasteiger partial charge in [0.1, 0.15) is 5.76 Å². The maximum atomic E-state index is 5.76. The van der Waals surface area contributed by atoms with Crippen molar-refractivity contribution in [3.8, 4) is 0 Å². The van der Waals surface area contributed by atoms with Gasteiger partial charge in [-0.25, -0.2) is 0 Å². The molecule has 1 rings (SSSR count). The highest BCUT2D eigenvalue weighted by Crippen LogP contribution is 2.19. The van der Waals surface area contributed by atoms with Crippen molar-refractivity contribution in [1.82, 2.24) is 0 Å². The molecule has 0 atom stereocenters. The monoisotopic (exact) mass is 204 g/mol. The molecule has 0 unspecified atom stereocenters. The van der Waals surface area contributed by atoms with Gasteiger partial charge in [-0.05, 0) is 31.9 Å². The Labute approximate surface area is 92.8 Å². The molecule has 0 spiro atoms. The van der Waals surface area contributed by atoms with E-state index in [0.717, 1.165) is 18.8 Å². The van der Waals surface area contributed by atoms with Crippen LogP contribution in [0, 0.1) is 6.92 Å². The third kappa shape index (κ3) is 3.43. The molecule has 0 radical (unpaired) electrons. The van der Waals surface area contributed by atoms with Crippen molar-refractivity contribution in [1.29, 1.82) is 0 Å². The van der Waals surface area contributed by atoms with Crippen molar-refractivity contribution >= 4 is 5.76 Å². The van der Waals surface area contributed by atoms with Crippen LogP contribution in [0.15, 0.2) is 30.3 Å². The molecule has 0 aliphatic rings. The summed E-state index contributed by atoms with van der Waals surface area (Å²) in [5.74, 6) is 1.00. The van der Waals surface area contributed by atoms with Crippen LogP contribution in [0.25, 0.3) is 5.76 Å². The van der Waals surface area contributed by atoms with Gasteiger partial charge >= 0.3 is 0 Å². The number of benzene rings is 1. The number of aryl methyl sites for hydroxylation is 1. The van der Waals surface area contributed by atoms with Crippen molar-refractivity contribution < 1.29 is 4.74 Å². The minimum absolute atomic E-state index is 0.810. The summed E-state index contributed by atoms with van der Waals surface area (Å²) < 4.78 is 5.76. The number of hydrogen-bond donors (Lipinski definition) is 0. The zero-order valence-corrected chi connectivity index (χ0v) is 9.92. The summed E-state index contributed by atoms with van der Waals surface area (Å²) >= 11 is 0. The van der Waals surface area contributed by atoms with Gasteiger partial charge in [0.25, 0.3) is 0 Å². The van der Waals surface area contributed by atoms with Gasteiger partial charge in [0, 0.05) is 5.56 Å². The Hall–Kier alpha value is -1.24. The topological polar surface area (TPSA) is 9.23 Å². The molecule has 0 saturated heterocycles. The summed E-state index contributed by atoms with van der Waals surface area (Å²) in [6.45, 7) is 7.12. The van der Waals surface area contributed by atoms with Crippen LogP contribution in [0.3, 0.4) is 0 Å². The summed E-state index contributed by atoms with van der Waals surface area (Å²) in [4.78, 5) is 0. The van der Waals surface area contributed by atoms with E-state index in [9.17, 15) is 0 Å². The molecule has 82 valence electrons. The number of unbranched alkanes of at least 4 members (excludes halogenated alkanes) is 1. The van der Waals surface area contributed by atoms with Crippen LogP contribution in [0.2, 0.25) is 0 Å². The first kappa shape index (κ1) is 11.8. The first-order chi connectivity index (χ1) is 7.29. The second-order valence-corrected chi connectivity index (χ2v) is 3.67. The molecule has 0 heterocycles. The lowest BCUT2D eigenvalue weighted by atomic mass is 10.1. The van der Waals surface area contributed by atoms with Crippen LogP contribution in [-0.2, 0) is 4.74 Å². The summed E-state index contributed by atoms with van der Waals surface area (Å²) in [6.07, 6.45) is 4.33. The van der Waals surface area contributed by atoms with Crippen LogP contribution in [0.1, 0.15) is 37.8 Å². The van der Waals surface area contributed by atoms with Crippen LogP contribution in [0.5, 0.6) is 0 Å². The van der Waals surface area contributed by atoms with E-state index >= 15 is 0 Å². The Morgan fingerprint density at radius 2 is 2.07 bits per heavy atom. The van der Waals surface area contributed by atoms with Gasteiger partial charge < -0.3 is 4.74 Å². The van der Waals surface area contributed by atoms with Crippen LogP contribution in [0.4, 0.5) is 0 Å². The molecule has 0 N–H and O–H groups in total. The zero-order valence-electron chi connectivity index (χ0n) is 9.92. The second-order valence-electron chi connectivity index (χ2n) is 3.67. The SMILES string of the molecule is C/C=C(/OCCCC)c1ccccc1C. The van der Waals surface area contributed by atoms with E-state index in [0.29, 0.717) is 0 Å². The van der Waals surface area contributed by atoms with E-state index in [-0.39, 0.29) is 0 Å². The van der Waals surface area contributed by atoms with E-state index in [1.54, 1.807) is 0 Å². The predicted molar refractivity (Wildman–Crippen MR) is 65.7 cm³/mol. The molecule has 1 aromatic carbocycles. The molecule has 1 heteroatoms. The van der Waals surface area contributed by atoms with Crippen molar-refractivity contribution in [2.75, 3.05) is 6.61 Å². The first-order valence-electron chi connectivity index (χ1n) is 5.64. The molecule has 15 heavy (non-hydrogen) atoms. The third-order valence-electron chi connectivity index (χ3n) is 2.43. The number of ether oxygens (including phenoxy) is 1. The highest BCUT2D eigenvalue weighted by molar-refractivity contribution is 5.62. The lowest BCUT2D eigenvalue weighted by Crippen LogP contribution is -1.96. The third-order valence-corrected chi connectivity index (χ3v) is 2.43. The minimum atomic E-state index is 0.810. The fraction of sp³-hybridized carbons (Fsp3) is 0.429. The summed E-state index contributed by atoms with van der Waals surface area (Å²) in [5, 5.41) is 0. The molecule has 0 fully saturated rings. The van der Waals surface area contributed by atoms with Gasteiger partial charge in [0.2, 0.25) is 0 Å². The largest absolute Gasteiger partial charge is 0.493 e. The Bertz CT molecular complexity index is 326. The van der Waals surface area contributed by atoms with E-state index < -0.39 is 0 Å². The molecule has 0 amide bonds. The number of rotatable bonds is 5. The maximum absolute atomic E-state index is 5.76. The molecule has 0 saturated carbocycles. The Morgan fingerprint density at radius 3 is 2.67 bits per heavy atom. The predicted octanol–water partition coefficient (Wildman–Crippen LogP) is 4.17. The molecular formula is C14H20O. The van der Waals surface area contributed by atoms with E-state index in [2.05, 4.69) is 38.1 Å². The lowest BCUT2D eigenvalue weighted by molar-refractivity contribution is 0.269. The van der Waals surface area contributed by atoms with Gasteiger partial charge in [0.05, 0.1) is 6.61 Å². The van der Waals surface area contributed by atoms with Crippen molar-refractivity contribution in [2.24, 2.45) is 0 Å². The smallest absolute Gasteiger partial charge is 0.122 e. The van der Waals surface area contributed by atoms with Crippen LogP contribution in [-0.4, -0.2) is 6.61 Å². The summed E-state index contributed by atoms with van der Waals surface area (Å²) in [7, 11) is 0. The highest BCUT2D eigenvalue weighted by atomic mass is 16.5. The van der Waals surface area contributed by atoms with E-state index in [1.807, 2.05) is 13.0 Å². The molecule has 1 nitrogen and oxygen atoms in total. The quantitative estimate of drug-likeness (QED) is 0.516. The molecule has 1 aromatic rings. The van der Waals surface area contributed by atoms with Gasteiger partial charge in [-0.15, -0.1) is 0 Å². The average molecular weight is 204 g/mol. The molecule has 0 aliphatic heterocycles. The van der Waals surface area contributed by atoms with Crippen LogP contribution < -0.4 is 0 Å². The Kier molecular flexibility index (Phi) is 4.96. The van der Waals surface area contributed by atoms with Gasteiger partial charge in [-0.2, -0.15) is 0 Å². The summed E-state index contributed by atoms with van der Waals surface area (Å²) in [5.41, 5.74) is 2.47. The minimum Gasteiger partial charge on any atom is -0.493 e. The van der Waals surface area contributed by atoms with Crippen molar-refractivity contribution in [3.05, 3.63) is 41.5 Å². The van der Waals surface area contributed by atoms with E-state index in [4.69, 9.17) is 4.74 Å². The fourth-order valence-corrected chi connectivity index (χ4v) is 1.49. The van der Waals surface area contributed by atoms with Crippen LogP contribution >= 0.6 is 0 Å². The maximum Gasteiger partial charge on any atom is 0.122 e. The van der Waals surface area contributed by atoms with Gasteiger partial charge in [0.15, 0.2) is 0 Å². The molecular weight excluding hydrogens is 184 g/mol. The van der Waals surface area contributed by atoms with Crippen molar-refractivity contribution in [2.45, 2.75) is 33.6 Å². The Balaban J connectivity index is 2.71. The first-order valence-corrected chi connectivity index (χ1v) is 5.64. The second kappa shape index (κ2) is 6.28. The average Bonchev–Trinajstić information content (AvgIpc) is 2.26. The molecule has 0 aromatic heterocycles. The number of allylic oxidation sites excluding steroid dienone is 1. The zero-order chi connectivity index (χ0) is 11.1. The van der Waals surface area contributed by atoms with Gasteiger partial charge in [-0.3, -0.25) is 0 Å². The lowest BCUT2D eigenvalue weighted by Gasteiger charge is -2.12. The van der Waals surface area contributed by atoms with E-state index in [1.165, 1.54) is 17.5 Å². The molecule has 0 bridgehead atoms.